The van der Waals surface area contributed by atoms with Gasteiger partial charge in [-0.05, 0) is 23.3 Å². The zero-order valence-electron chi connectivity index (χ0n) is 10.5. The Bertz CT molecular complexity index is 543. The Kier molecular flexibility index (Phi) is 4.97. The molecule has 0 spiro atoms. The first-order valence-electron chi connectivity index (χ1n) is 6.19. The highest BCUT2D eigenvalue weighted by molar-refractivity contribution is 6.30. The summed E-state index contributed by atoms with van der Waals surface area (Å²) in [4.78, 5) is 0. The predicted octanol–water partition coefficient (Wildman–Crippen LogP) is 3.74. The Morgan fingerprint density at radius 3 is 2.37 bits per heavy atom. The van der Waals surface area contributed by atoms with Crippen LogP contribution in [0.25, 0.3) is 0 Å². The second kappa shape index (κ2) is 6.94. The van der Waals surface area contributed by atoms with Gasteiger partial charge >= 0.3 is 0 Å². The third-order valence-electron chi connectivity index (χ3n) is 2.95. The molecule has 0 radical (unpaired) electrons. The van der Waals surface area contributed by atoms with Gasteiger partial charge in [-0.25, -0.2) is 0 Å². The Morgan fingerprint density at radius 1 is 1.05 bits per heavy atom. The van der Waals surface area contributed by atoms with E-state index in [1.807, 2.05) is 54.6 Å². The maximum absolute atomic E-state index is 9.21. The molecule has 96 valence electrons. The van der Waals surface area contributed by atoms with Crippen molar-refractivity contribution in [1.82, 2.24) is 5.32 Å². The molecule has 0 aliphatic heterocycles. The Balaban J connectivity index is 1.88. The highest BCUT2D eigenvalue weighted by Gasteiger charge is 2.08. The van der Waals surface area contributed by atoms with Crippen LogP contribution in [0, 0.1) is 11.3 Å². The van der Waals surface area contributed by atoms with Crippen LogP contribution in [0.15, 0.2) is 54.6 Å². The van der Waals surface area contributed by atoms with Crippen LogP contribution in [0.1, 0.15) is 17.0 Å². The second-order valence-electron chi connectivity index (χ2n) is 4.35. The monoisotopic (exact) mass is 270 g/mol. The molecule has 0 bridgehead atoms. The molecule has 0 aromatic heterocycles. The van der Waals surface area contributed by atoms with Crippen molar-refractivity contribution in [3.8, 4) is 6.07 Å². The van der Waals surface area contributed by atoms with E-state index < -0.39 is 0 Å². The predicted molar refractivity (Wildman–Crippen MR) is 78.0 cm³/mol. The molecule has 1 unspecified atom stereocenters. The number of halogens is 1. The summed E-state index contributed by atoms with van der Waals surface area (Å²) in [5.41, 5.74) is 2.21. The molecule has 0 fully saturated rings. The van der Waals surface area contributed by atoms with E-state index in [1.165, 1.54) is 0 Å². The standard InChI is InChI=1S/C16H15ClN2/c17-16-8-6-13(7-9-16)11-19-12-15(10-18)14-4-2-1-3-5-14/h1-9,15,19H,11-12H2. The highest BCUT2D eigenvalue weighted by atomic mass is 35.5. The molecule has 0 amide bonds. The lowest BCUT2D eigenvalue weighted by atomic mass is 10.0. The van der Waals surface area contributed by atoms with Crippen LogP contribution in [0.2, 0.25) is 5.02 Å². The summed E-state index contributed by atoms with van der Waals surface area (Å²) in [6, 6.07) is 19.9. The minimum atomic E-state index is -0.117. The van der Waals surface area contributed by atoms with Crippen LogP contribution >= 0.6 is 11.6 Å². The second-order valence-corrected chi connectivity index (χ2v) is 4.79. The molecule has 2 aromatic rings. The summed E-state index contributed by atoms with van der Waals surface area (Å²) >= 11 is 5.84. The molecule has 2 rings (SSSR count). The number of hydrogen-bond acceptors (Lipinski definition) is 2. The van der Waals surface area contributed by atoms with Crippen LogP contribution in [0.5, 0.6) is 0 Å². The summed E-state index contributed by atoms with van der Waals surface area (Å²) in [7, 11) is 0. The summed E-state index contributed by atoms with van der Waals surface area (Å²) in [5, 5.41) is 13.2. The van der Waals surface area contributed by atoms with Crippen molar-refractivity contribution in [2.24, 2.45) is 0 Å². The first kappa shape index (κ1) is 13.6. The lowest BCUT2D eigenvalue weighted by molar-refractivity contribution is 0.652. The van der Waals surface area contributed by atoms with E-state index in [9.17, 15) is 5.26 Å². The summed E-state index contributed by atoms with van der Waals surface area (Å²) in [6.45, 7) is 1.38. The minimum absolute atomic E-state index is 0.117. The van der Waals surface area contributed by atoms with Crippen LogP contribution in [0.4, 0.5) is 0 Å². The Hall–Kier alpha value is -1.82. The number of benzene rings is 2. The summed E-state index contributed by atoms with van der Waals surface area (Å²) in [6.07, 6.45) is 0. The van der Waals surface area contributed by atoms with Gasteiger partial charge in [0.2, 0.25) is 0 Å². The fourth-order valence-corrected chi connectivity index (χ4v) is 2.01. The fraction of sp³-hybridized carbons (Fsp3) is 0.188. The number of nitrogens with zero attached hydrogens (tertiary/aromatic N) is 1. The normalized spacial score (nSPS) is 11.8. The number of nitriles is 1. The summed E-state index contributed by atoms with van der Waals surface area (Å²) < 4.78 is 0. The van der Waals surface area contributed by atoms with Crippen LogP contribution < -0.4 is 5.32 Å². The zero-order chi connectivity index (χ0) is 13.5. The topological polar surface area (TPSA) is 35.8 Å². The Morgan fingerprint density at radius 2 is 1.74 bits per heavy atom. The van der Waals surface area contributed by atoms with E-state index in [4.69, 9.17) is 11.6 Å². The minimum Gasteiger partial charge on any atom is -0.311 e. The third-order valence-corrected chi connectivity index (χ3v) is 3.20. The van der Waals surface area contributed by atoms with E-state index in [2.05, 4.69) is 11.4 Å². The molecule has 0 heterocycles. The van der Waals surface area contributed by atoms with Crippen molar-refractivity contribution in [2.75, 3.05) is 6.54 Å². The van der Waals surface area contributed by atoms with E-state index in [-0.39, 0.29) is 5.92 Å². The van der Waals surface area contributed by atoms with Gasteiger partial charge in [-0.2, -0.15) is 5.26 Å². The van der Waals surface area contributed by atoms with Crippen molar-refractivity contribution >= 4 is 11.6 Å². The fourth-order valence-electron chi connectivity index (χ4n) is 1.89. The van der Waals surface area contributed by atoms with Gasteiger partial charge in [-0.1, -0.05) is 54.1 Å². The molecule has 0 aliphatic rings. The van der Waals surface area contributed by atoms with Gasteiger partial charge in [0.15, 0.2) is 0 Å². The van der Waals surface area contributed by atoms with Gasteiger partial charge in [-0.3, -0.25) is 0 Å². The van der Waals surface area contributed by atoms with E-state index in [0.29, 0.717) is 6.54 Å². The van der Waals surface area contributed by atoms with Gasteiger partial charge < -0.3 is 5.32 Å². The molecule has 19 heavy (non-hydrogen) atoms. The van der Waals surface area contributed by atoms with Crippen molar-refractivity contribution < 1.29 is 0 Å². The lowest BCUT2D eigenvalue weighted by Crippen LogP contribution is -2.20. The first-order chi connectivity index (χ1) is 9.29. The third kappa shape index (κ3) is 4.10. The molecule has 2 aromatic carbocycles. The van der Waals surface area contributed by atoms with E-state index in [1.54, 1.807) is 0 Å². The Labute approximate surface area is 118 Å². The van der Waals surface area contributed by atoms with Gasteiger partial charge in [0.05, 0.1) is 12.0 Å². The van der Waals surface area contributed by atoms with Crippen molar-refractivity contribution in [3.05, 3.63) is 70.7 Å². The van der Waals surface area contributed by atoms with Crippen LogP contribution in [0.3, 0.4) is 0 Å². The molecule has 0 saturated carbocycles. The SMILES string of the molecule is N#CC(CNCc1ccc(Cl)cc1)c1ccccc1. The van der Waals surface area contributed by atoms with Gasteiger partial charge in [-0.15, -0.1) is 0 Å². The van der Waals surface area contributed by atoms with Crippen LogP contribution in [-0.2, 0) is 6.54 Å². The molecular weight excluding hydrogens is 256 g/mol. The lowest BCUT2D eigenvalue weighted by Gasteiger charge is -2.11. The molecule has 1 N–H and O–H groups in total. The number of hydrogen-bond donors (Lipinski definition) is 1. The molecule has 3 heteroatoms. The highest BCUT2D eigenvalue weighted by Crippen LogP contribution is 2.14. The average Bonchev–Trinajstić information content (AvgIpc) is 2.46. The smallest absolute Gasteiger partial charge is 0.0837 e. The van der Waals surface area contributed by atoms with E-state index in [0.717, 1.165) is 22.7 Å². The van der Waals surface area contributed by atoms with Crippen molar-refractivity contribution in [3.63, 3.8) is 0 Å². The van der Waals surface area contributed by atoms with Crippen LogP contribution in [-0.4, -0.2) is 6.54 Å². The maximum Gasteiger partial charge on any atom is 0.0837 e. The molecule has 0 aliphatic carbocycles. The maximum atomic E-state index is 9.21. The molecule has 2 nitrogen and oxygen atoms in total. The quantitative estimate of drug-likeness (QED) is 0.898. The first-order valence-corrected chi connectivity index (χ1v) is 6.57. The largest absolute Gasteiger partial charge is 0.311 e. The van der Waals surface area contributed by atoms with E-state index >= 15 is 0 Å². The average molecular weight is 271 g/mol. The number of nitrogens with one attached hydrogen (secondary N) is 1. The molecule has 0 saturated heterocycles. The van der Waals surface area contributed by atoms with Crippen molar-refractivity contribution in [2.45, 2.75) is 12.5 Å². The van der Waals surface area contributed by atoms with Gasteiger partial charge in [0.25, 0.3) is 0 Å². The molecule has 1 atom stereocenters. The van der Waals surface area contributed by atoms with Gasteiger partial charge in [0, 0.05) is 18.1 Å². The zero-order valence-corrected chi connectivity index (χ0v) is 11.3. The summed E-state index contributed by atoms with van der Waals surface area (Å²) in [5.74, 6) is -0.117. The number of rotatable bonds is 5. The van der Waals surface area contributed by atoms with Gasteiger partial charge in [0.1, 0.15) is 0 Å². The molecular formula is C16H15ClN2. The van der Waals surface area contributed by atoms with Crippen molar-refractivity contribution in [1.29, 1.82) is 5.26 Å².